The van der Waals surface area contributed by atoms with Gasteiger partial charge in [-0.25, -0.2) is 8.78 Å². The summed E-state index contributed by atoms with van der Waals surface area (Å²) >= 11 is 0. The van der Waals surface area contributed by atoms with Gasteiger partial charge in [-0.1, -0.05) is 71.3 Å². The lowest BCUT2D eigenvalue weighted by Crippen LogP contribution is -2.14. The summed E-state index contributed by atoms with van der Waals surface area (Å²) in [5.74, 6) is 0.303. The van der Waals surface area contributed by atoms with Gasteiger partial charge in [-0.15, -0.1) is 10.2 Å². The highest BCUT2D eigenvalue weighted by molar-refractivity contribution is 5.60. The van der Waals surface area contributed by atoms with Crippen molar-refractivity contribution in [1.29, 1.82) is 0 Å². The fourth-order valence-corrected chi connectivity index (χ4v) is 4.51. The second kappa shape index (κ2) is 12.1. The Hall–Kier alpha value is -2.04. The van der Waals surface area contributed by atoms with Gasteiger partial charge in [0.05, 0.1) is 12.3 Å². The molecular formula is C26H36F2N2O. The lowest BCUT2D eigenvalue weighted by atomic mass is 9.78. The first kappa shape index (κ1) is 23.6. The summed E-state index contributed by atoms with van der Waals surface area (Å²) in [5.41, 5.74) is 0.921. The predicted molar refractivity (Wildman–Crippen MR) is 121 cm³/mol. The standard InChI is InChI=1S/C26H36F2N2O/c1-3-5-6-7-18-31-24-17-16-23(29-30-24)22-15-14-21(25(27)26(22)28)13-12-20-10-8-19(4-2)9-11-20/h14-17,19-20H,3-13,18H2,1-2H3. The van der Waals surface area contributed by atoms with E-state index in [0.717, 1.165) is 25.2 Å². The van der Waals surface area contributed by atoms with Crippen LogP contribution in [0.15, 0.2) is 24.3 Å². The molecule has 1 aliphatic rings. The summed E-state index contributed by atoms with van der Waals surface area (Å²) in [5, 5.41) is 8.06. The van der Waals surface area contributed by atoms with Gasteiger partial charge < -0.3 is 4.74 Å². The molecule has 0 amide bonds. The first-order valence-electron chi connectivity index (χ1n) is 12.1. The molecule has 1 fully saturated rings. The molecule has 0 unspecified atom stereocenters. The largest absolute Gasteiger partial charge is 0.477 e. The molecule has 3 nitrogen and oxygen atoms in total. The van der Waals surface area contributed by atoms with Crippen LogP contribution in [0.5, 0.6) is 5.88 Å². The zero-order chi connectivity index (χ0) is 22.1. The van der Waals surface area contributed by atoms with Crippen LogP contribution in [0.3, 0.4) is 0 Å². The van der Waals surface area contributed by atoms with E-state index in [2.05, 4.69) is 24.0 Å². The highest BCUT2D eigenvalue weighted by Crippen LogP contribution is 2.34. The molecule has 1 heterocycles. The maximum atomic E-state index is 14.8. The second-order valence-corrected chi connectivity index (χ2v) is 8.90. The summed E-state index contributed by atoms with van der Waals surface area (Å²) in [4.78, 5) is 0. The molecule has 3 rings (SSSR count). The number of hydrogen-bond donors (Lipinski definition) is 0. The Morgan fingerprint density at radius 2 is 1.65 bits per heavy atom. The van der Waals surface area contributed by atoms with Crippen molar-refractivity contribution >= 4 is 0 Å². The molecule has 0 N–H and O–H groups in total. The maximum Gasteiger partial charge on any atom is 0.233 e. The molecule has 0 saturated heterocycles. The molecule has 1 aliphatic carbocycles. The zero-order valence-electron chi connectivity index (χ0n) is 19.0. The van der Waals surface area contributed by atoms with E-state index < -0.39 is 11.6 Å². The molecule has 1 aromatic heterocycles. The summed E-state index contributed by atoms with van der Waals surface area (Å²) < 4.78 is 35.1. The van der Waals surface area contributed by atoms with Crippen LogP contribution in [0.25, 0.3) is 11.3 Å². The van der Waals surface area contributed by atoms with Crippen LogP contribution in [-0.4, -0.2) is 16.8 Å². The molecule has 170 valence electrons. The molecule has 2 aromatic rings. The third-order valence-electron chi connectivity index (χ3n) is 6.69. The van der Waals surface area contributed by atoms with Crippen molar-refractivity contribution in [3.8, 4) is 17.1 Å². The zero-order valence-corrected chi connectivity index (χ0v) is 19.0. The highest BCUT2D eigenvalue weighted by atomic mass is 19.2. The van der Waals surface area contributed by atoms with Crippen LogP contribution >= 0.6 is 0 Å². The molecule has 0 aliphatic heterocycles. The van der Waals surface area contributed by atoms with Crippen molar-refractivity contribution in [2.24, 2.45) is 11.8 Å². The monoisotopic (exact) mass is 430 g/mol. The van der Waals surface area contributed by atoms with E-state index in [4.69, 9.17) is 4.74 Å². The van der Waals surface area contributed by atoms with Crippen molar-refractivity contribution in [2.45, 2.75) is 84.5 Å². The summed E-state index contributed by atoms with van der Waals surface area (Å²) in [6.45, 7) is 5.01. The summed E-state index contributed by atoms with van der Waals surface area (Å²) in [6.07, 6.45) is 12.2. The van der Waals surface area contributed by atoms with Gasteiger partial charge in [0.1, 0.15) is 0 Å². The van der Waals surface area contributed by atoms with E-state index in [1.807, 2.05) is 0 Å². The van der Waals surface area contributed by atoms with Gasteiger partial charge in [-0.3, -0.25) is 0 Å². The first-order valence-corrected chi connectivity index (χ1v) is 12.1. The Bertz CT molecular complexity index is 802. The van der Waals surface area contributed by atoms with Gasteiger partial charge in [0.25, 0.3) is 0 Å². The smallest absolute Gasteiger partial charge is 0.233 e. The van der Waals surface area contributed by atoms with Gasteiger partial charge in [0.15, 0.2) is 11.6 Å². The van der Waals surface area contributed by atoms with Gasteiger partial charge in [0.2, 0.25) is 5.88 Å². The number of aryl methyl sites for hydroxylation is 1. The molecular weight excluding hydrogens is 394 g/mol. The van der Waals surface area contributed by atoms with E-state index in [-0.39, 0.29) is 5.56 Å². The Morgan fingerprint density at radius 1 is 0.871 bits per heavy atom. The van der Waals surface area contributed by atoms with Crippen molar-refractivity contribution < 1.29 is 13.5 Å². The van der Waals surface area contributed by atoms with E-state index in [1.54, 1.807) is 24.3 Å². The van der Waals surface area contributed by atoms with Crippen molar-refractivity contribution in [1.82, 2.24) is 10.2 Å². The van der Waals surface area contributed by atoms with Gasteiger partial charge in [-0.2, -0.15) is 0 Å². The van der Waals surface area contributed by atoms with E-state index in [1.165, 1.54) is 44.9 Å². The van der Waals surface area contributed by atoms with E-state index in [9.17, 15) is 8.78 Å². The van der Waals surface area contributed by atoms with E-state index >= 15 is 0 Å². The van der Waals surface area contributed by atoms with Gasteiger partial charge >= 0.3 is 0 Å². The molecule has 0 bridgehead atoms. The SMILES string of the molecule is CCCCCCOc1ccc(-c2ccc(CCC3CCC(CC)CC3)c(F)c2F)nn1. The minimum atomic E-state index is -0.838. The lowest BCUT2D eigenvalue weighted by molar-refractivity contribution is 0.258. The molecule has 0 spiro atoms. The molecule has 5 heteroatoms. The van der Waals surface area contributed by atoms with Gasteiger partial charge in [0, 0.05) is 11.6 Å². The number of ether oxygens (including phenoxy) is 1. The minimum Gasteiger partial charge on any atom is -0.477 e. The van der Waals surface area contributed by atoms with Crippen molar-refractivity contribution in [3.05, 3.63) is 41.5 Å². The molecule has 1 saturated carbocycles. The lowest BCUT2D eigenvalue weighted by Gasteiger charge is -2.27. The number of aromatic nitrogens is 2. The summed E-state index contributed by atoms with van der Waals surface area (Å²) in [6, 6.07) is 6.63. The van der Waals surface area contributed by atoms with Crippen LogP contribution in [0, 0.1) is 23.5 Å². The number of benzene rings is 1. The van der Waals surface area contributed by atoms with Crippen LogP contribution in [0.1, 0.15) is 83.6 Å². The third kappa shape index (κ3) is 6.72. The molecule has 0 radical (unpaired) electrons. The fraction of sp³-hybridized carbons (Fsp3) is 0.615. The number of unbranched alkanes of at least 4 members (excludes halogenated alkanes) is 3. The normalized spacial score (nSPS) is 18.8. The van der Waals surface area contributed by atoms with E-state index in [0.29, 0.717) is 36.1 Å². The number of nitrogens with zero attached hydrogens (tertiary/aromatic N) is 2. The fourth-order valence-electron chi connectivity index (χ4n) is 4.51. The average Bonchev–Trinajstić information content (AvgIpc) is 2.81. The third-order valence-corrected chi connectivity index (χ3v) is 6.69. The average molecular weight is 431 g/mol. The van der Waals surface area contributed by atoms with Crippen molar-refractivity contribution in [2.75, 3.05) is 6.61 Å². The predicted octanol–water partition coefficient (Wildman–Crippen LogP) is 7.53. The van der Waals surface area contributed by atoms with Crippen molar-refractivity contribution in [3.63, 3.8) is 0 Å². The summed E-state index contributed by atoms with van der Waals surface area (Å²) in [7, 11) is 0. The Morgan fingerprint density at radius 3 is 2.32 bits per heavy atom. The maximum absolute atomic E-state index is 14.8. The number of halogens is 2. The Kier molecular flexibility index (Phi) is 9.23. The molecule has 1 aromatic carbocycles. The highest BCUT2D eigenvalue weighted by Gasteiger charge is 2.21. The molecule has 31 heavy (non-hydrogen) atoms. The first-order chi connectivity index (χ1) is 15.1. The van der Waals surface area contributed by atoms with Crippen LogP contribution < -0.4 is 4.74 Å². The minimum absolute atomic E-state index is 0.145. The van der Waals surface area contributed by atoms with Crippen LogP contribution in [-0.2, 0) is 6.42 Å². The van der Waals surface area contributed by atoms with Crippen LogP contribution in [0.4, 0.5) is 8.78 Å². The number of hydrogen-bond acceptors (Lipinski definition) is 3. The topological polar surface area (TPSA) is 35.0 Å². The molecule has 0 atom stereocenters. The Labute approximate surface area is 185 Å². The number of rotatable bonds is 11. The second-order valence-electron chi connectivity index (χ2n) is 8.90. The van der Waals surface area contributed by atoms with Crippen LogP contribution in [0.2, 0.25) is 0 Å². The van der Waals surface area contributed by atoms with Gasteiger partial charge in [-0.05, 0) is 48.8 Å². The quantitative estimate of drug-likeness (QED) is 0.346. The Balaban J connectivity index is 1.56.